The summed E-state index contributed by atoms with van der Waals surface area (Å²) in [5.41, 5.74) is 1.32. The molecule has 0 spiro atoms. The Hall–Kier alpha value is -1.97. The molecule has 0 aromatic heterocycles. The van der Waals surface area contributed by atoms with Crippen LogP contribution < -0.4 is 9.47 Å². The van der Waals surface area contributed by atoms with E-state index in [9.17, 15) is 9.90 Å². The summed E-state index contributed by atoms with van der Waals surface area (Å²) in [6.45, 7) is 5.73. The molecule has 0 saturated carbocycles. The van der Waals surface area contributed by atoms with E-state index in [4.69, 9.17) is 9.47 Å². The van der Waals surface area contributed by atoms with Gasteiger partial charge in [-0.15, -0.1) is 0 Å². The molecule has 18 heavy (non-hydrogen) atoms. The molecule has 4 nitrogen and oxygen atoms in total. The van der Waals surface area contributed by atoms with E-state index in [-0.39, 0.29) is 17.1 Å². The van der Waals surface area contributed by atoms with E-state index >= 15 is 0 Å². The summed E-state index contributed by atoms with van der Waals surface area (Å²) in [5, 5.41) is 9.79. The van der Waals surface area contributed by atoms with Gasteiger partial charge >= 0.3 is 0 Å². The van der Waals surface area contributed by atoms with E-state index in [1.807, 2.05) is 19.9 Å². The van der Waals surface area contributed by atoms with Crippen molar-refractivity contribution in [2.45, 2.75) is 20.8 Å². The van der Waals surface area contributed by atoms with Crippen molar-refractivity contribution in [1.82, 2.24) is 0 Å². The Kier molecular flexibility index (Phi) is 4.77. The number of phenols is 1. The van der Waals surface area contributed by atoms with Crippen molar-refractivity contribution >= 4 is 5.78 Å². The summed E-state index contributed by atoms with van der Waals surface area (Å²) in [6, 6.07) is 3.01. The largest absolute Gasteiger partial charge is 0.507 e. The summed E-state index contributed by atoms with van der Waals surface area (Å²) in [6.07, 6.45) is 1.92. The number of Topliss-reactive ketones (excluding diaryl/α,β-unsaturated/α-hetero) is 1. The predicted octanol–water partition coefficient (Wildman–Crippen LogP) is 2.95. The first-order valence-electron chi connectivity index (χ1n) is 5.63. The van der Waals surface area contributed by atoms with Crippen molar-refractivity contribution in [2.75, 3.05) is 13.7 Å². The summed E-state index contributed by atoms with van der Waals surface area (Å²) in [7, 11) is 1.45. The molecule has 0 atom stereocenters. The fourth-order valence-corrected chi connectivity index (χ4v) is 1.48. The Morgan fingerprint density at radius 1 is 1.33 bits per heavy atom. The topological polar surface area (TPSA) is 55.8 Å². The molecule has 0 unspecified atom stereocenters. The van der Waals surface area contributed by atoms with Gasteiger partial charge in [-0.1, -0.05) is 5.57 Å². The quantitative estimate of drug-likeness (QED) is 0.644. The second-order valence-corrected chi connectivity index (χ2v) is 4.17. The number of hydrogen-bond donors (Lipinski definition) is 1. The van der Waals surface area contributed by atoms with Crippen molar-refractivity contribution < 1.29 is 19.4 Å². The zero-order chi connectivity index (χ0) is 13.7. The second-order valence-electron chi connectivity index (χ2n) is 4.17. The van der Waals surface area contributed by atoms with Crippen LogP contribution in [0.4, 0.5) is 0 Å². The number of ether oxygens (including phenoxy) is 2. The molecule has 1 aromatic rings. The Balaban J connectivity index is 3.00. The molecular formula is C14H18O4. The van der Waals surface area contributed by atoms with Crippen LogP contribution in [0.3, 0.4) is 0 Å². The normalized spacial score (nSPS) is 9.78. The maximum absolute atomic E-state index is 11.4. The lowest BCUT2D eigenvalue weighted by Crippen LogP contribution is -2.00. The van der Waals surface area contributed by atoms with E-state index in [1.54, 1.807) is 6.07 Å². The summed E-state index contributed by atoms with van der Waals surface area (Å²) in [4.78, 5) is 11.4. The molecule has 0 heterocycles. The molecule has 1 N–H and O–H groups in total. The highest BCUT2D eigenvalue weighted by atomic mass is 16.5. The fourth-order valence-electron chi connectivity index (χ4n) is 1.48. The minimum absolute atomic E-state index is 0.131. The third kappa shape index (κ3) is 3.52. The first kappa shape index (κ1) is 14.1. The molecule has 1 aromatic carbocycles. The van der Waals surface area contributed by atoms with Gasteiger partial charge in [-0.25, -0.2) is 0 Å². The number of rotatable bonds is 5. The Bertz CT molecular complexity index is 471. The molecule has 4 heteroatoms. The molecule has 1 rings (SSSR count). The molecule has 0 bridgehead atoms. The number of carbonyl (C=O) groups is 1. The number of ketones is 1. The van der Waals surface area contributed by atoms with E-state index in [0.717, 1.165) is 5.57 Å². The number of benzene rings is 1. The molecule has 0 radical (unpaired) electrons. The van der Waals surface area contributed by atoms with Crippen LogP contribution in [0, 0.1) is 0 Å². The average Bonchev–Trinajstić information content (AvgIpc) is 2.26. The van der Waals surface area contributed by atoms with Crippen LogP contribution >= 0.6 is 0 Å². The van der Waals surface area contributed by atoms with E-state index in [0.29, 0.717) is 18.1 Å². The zero-order valence-corrected chi connectivity index (χ0v) is 11.1. The predicted molar refractivity (Wildman–Crippen MR) is 69.6 cm³/mol. The van der Waals surface area contributed by atoms with Gasteiger partial charge in [-0.05, 0) is 26.8 Å². The van der Waals surface area contributed by atoms with E-state index in [2.05, 4.69) is 0 Å². The van der Waals surface area contributed by atoms with Crippen LogP contribution in [0.1, 0.15) is 31.1 Å². The first-order chi connectivity index (χ1) is 8.45. The van der Waals surface area contributed by atoms with E-state index in [1.165, 1.54) is 20.1 Å². The minimum Gasteiger partial charge on any atom is -0.507 e. The third-order valence-corrected chi connectivity index (χ3v) is 2.37. The van der Waals surface area contributed by atoms with Crippen LogP contribution in [-0.4, -0.2) is 24.6 Å². The molecule has 0 saturated heterocycles. The zero-order valence-electron chi connectivity index (χ0n) is 11.1. The van der Waals surface area contributed by atoms with Crippen molar-refractivity contribution in [3.8, 4) is 17.2 Å². The second kappa shape index (κ2) is 6.10. The third-order valence-electron chi connectivity index (χ3n) is 2.37. The molecular weight excluding hydrogens is 232 g/mol. The van der Waals surface area contributed by atoms with Gasteiger partial charge in [0.2, 0.25) is 0 Å². The SMILES string of the molecule is COc1cc(OCC=C(C)C)cc(O)c1C(C)=O. The van der Waals surface area contributed by atoms with Gasteiger partial charge in [0.05, 0.1) is 7.11 Å². The van der Waals surface area contributed by atoms with Crippen LogP contribution in [0.2, 0.25) is 0 Å². The lowest BCUT2D eigenvalue weighted by Gasteiger charge is -2.11. The highest BCUT2D eigenvalue weighted by molar-refractivity contribution is 5.99. The maximum atomic E-state index is 11.4. The minimum atomic E-state index is -0.250. The average molecular weight is 250 g/mol. The van der Waals surface area contributed by atoms with Crippen LogP contribution in [0.5, 0.6) is 17.2 Å². The Morgan fingerprint density at radius 3 is 2.50 bits per heavy atom. The number of aromatic hydroxyl groups is 1. The van der Waals surface area contributed by atoms with Crippen molar-refractivity contribution in [3.05, 3.63) is 29.3 Å². The molecule has 0 aliphatic heterocycles. The lowest BCUT2D eigenvalue weighted by atomic mass is 10.1. The number of allylic oxidation sites excluding steroid dienone is 1. The van der Waals surface area contributed by atoms with Crippen LogP contribution in [0.25, 0.3) is 0 Å². The number of phenolic OH excluding ortho intramolecular Hbond substituents is 1. The fraction of sp³-hybridized carbons (Fsp3) is 0.357. The molecule has 0 amide bonds. The van der Waals surface area contributed by atoms with Crippen molar-refractivity contribution in [3.63, 3.8) is 0 Å². The summed E-state index contributed by atoms with van der Waals surface area (Å²) < 4.78 is 10.5. The standard InChI is InChI=1S/C14H18O4/c1-9(2)5-6-18-11-7-12(16)14(10(3)15)13(8-11)17-4/h5,7-8,16H,6H2,1-4H3. The van der Waals surface area contributed by atoms with E-state index < -0.39 is 0 Å². The highest BCUT2D eigenvalue weighted by Crippen LogP contribution is 2.33. The van der Waals surface area contributed by atoms with Crippen LogP contribution in [0.15, 0.2) is 23.8 Å². The number of carbonyl (C=O) groups excluding carboxylic acids is 1. The van der Waals surface area contributed by atoms with Gasteiger partial charge in [-0.2, -0.15) is 0 Å². The smallest absolute Gasteiger partial charge is 0.167 e. The Morgan fingerprint density at radius 2 is 2.00 bits per heavy atom. The van der Waals surface area contributed by atoms with Gasteiger partial charge in [0, 0.05) is 12.1 Å². The monoisotopic (exact) mass is 250 g/mol. The van der Waals surface area contributed by atoms with Gasteiger partial charge in [0.25, 0.3) is 0 Å². The molecule has 98 valence electrons. The lowest BCUT2D eigenvalue weighted by molar-refractivity contribution is 0.101. The molecule has 0 aliphatic rings. The number of hydrogen-bond acceptors (Lipinski definition) is 4. The Labute approximate surface area is 107 Å². The molecule has 0 fully saturated rings. The maximum Gasteiger partial charge on any atom is 0.167 e. The summed E-state index contributed by atoms with van der Waals surface area (Å²) in [5.74, 6) is 0.399. The van der Waals surface area contributed by atoms with Crippen molar-refractivity contribution in [1.29, 1.82) is 0 Å². The van der Waals surface area contributed by atoms with Crippen molar-refractivity contribution in [2.24, 2.45) is 0 Å². The molecule has 0 aliphatic carbocycles. The van der Waals surface area contributed by atoms with Gasteiger partial charge in [-0.3, -0.25) is 4.79 Å². The highest BCUT2D eigenvalue weighted by Gasteiger charge is 2.15. The first-order valence-corrected chi connectivity index (χ1v) is 5.63. The van der Waals surface area contributed by atoms with Gasteiger partial charge in [0.15, 0.2) is 5.78 Å². The summed E-state index contributed by atoms with van der Waals surface area (Å²) >= 11 is 0. The van der Waals surface area contributed by atoms with Crippen LogP contribution in [-0.2, 0) is 0 Å². The number of methoxy groups -OCH3 is 1. The van der Waals surface area contributed by atoms with Gasteiger partial charge < -0.3 is 14.6 Å². The van der Waals surface area contributed by atoms with Gasteiger partial charge in [0.1, 0.15) is 29.4 Å².